The molecular weight excluding hydrogens is 328 g/mol. The maximum atomic E-state index is 13.7. The summed E-state index contributed by atoms with van der Waals surface area (Å²) in [6, 6.07) is 3.44. The Morgan fingerprint density at radius 1 is 1.41 bits per heavy atom. The summed E-state index contributed by atoms with van der Waals surface area (Å²) in [7, 11) is 0. The Labute approximate surface area is 134 Å². The molecule has 1 atom stereocenters. The number of amides is 1. The Kier molecular flexibility index (Phi) is 4.68. The van der Waals surface area contributed by atoms with Crippen molar-refractivity contribution in [2.75, 3.05) is 6.54 Å². The van der Waals surface area contributed by atoms with Gasteiger partial charge in [0.05, 0.1) is 5.25 Å². The van der Waals surface area contributed by atoms with Crippen LogP contribution < -0.4 is 0 Å². The third-order valence-electron chi connectivity index (χ3n) is 3.44. The summed E-state index contributed by atoms with van der Waals surface area (Å²) in [5.74, 6) is -1.27. The van der Waals surface area contributed by atoms with Crippen molar-refractivity contribution in [3.05, 3.63) is 40.9 Å². The first-order valence-electron chi connectivity index (χ1n) is 6.79. The highest BCUT2D eigenvalue weighted by Gasteiger charge is 2.30. The quantitative estimate of drug-likeness (QED) is 0.857. The zero-order valence-electron chi connectivity index (χ0n) is 11.5. The molecule has 1 aliphatic rings. The van der Waals surface area contributed by atoms with Gasteiger partial charge in [0, 0.05) is 24.7 Å². The smallest absolute Gasteiger partial charge is 0.236 e. The third-order valence-corrected chi connectivity index (χ3v) is 5.51. The lowest BCUT2D eigenvalue weighted by Gasteiger charge is -2.31. The van der Waals surface area contributed by atoms with Gasteiger partial charge >= 0.3 is 0 Å². The number of benzene rings is 1. The lowest BCUT2D eigenvalue weighted by atomic mass is 10.1. The molecule has 0 saturated carbocycles. The predicted octanol–water partition coefficient (Wildman–Crippen LogP) is 3.10. The summed E-state index contributed by atoms with van der Waals surface area (Å²) in [6.45, 7) is 0.751. The molecule has 1 saturated heterocycles. The molecule has 3 rings (SSSR count). The molecule has 0 spiro atoms. The standard InChI is InChI=1S/C14H13F2N3OS2/c15-10-4-3-9(11(16)6-10)7-19-5-1-2-12(13(19)20)22-14-18-17-8-21-14/h3-4,6,8,12H,1-2,5,7H2/t12-/m1/s1. The number of carbonyl (C=O) groups is 1. The van der Waals surface area contributed by atoms with E-state index >= 15 is 0 Å². The molecule has 22 heavy (non-hydrogen) atoms. The van der Waals surface area contributed by atoms with Crippen LogP contribution in [0.5, 0.6) is 0 Å². The predicted molar refractivity (Wildman–Crippen MR) is 80.6 cm³/mol. The zero-order chi connectivity index (χ0) is 15.5. The number of carbonyl (C=O) groups excluding carboxylic acids is 1. The maximum absolute atomic E-state index is 13.7. The van der Waals surface area contributed by atoms with Crippen molar-refractivity contribution in [2.45, 2.75) is 29.0 Å². The van der Waals surface area contributed by atoms with Crippen molar-refractivity contribution >= 4 is 29.0 Å². The van der Waals surface area contributed by atoms with E-state index in [0.29, 0.717) is 12.1 Å². The highest BCUT2D eigenvalue weighted by molar-refractivity contribution is 8.02. The molecule has 4 nitrogen and oxygen atoms in total. The molecular formula is C14H13F2N3OS2. The monoisotopic (exact) mass is 341 g/mol. The molecule has 1 aromatic carbocycles. The molecule has 8 heteroatoms. The van der Waals surface area contributed by atoms with Crippen LogP contribution in [0.25, 0.3) is 0 Å². The van der Waals surface area contributed by atoms with Crippen molar-refractivity contribution in [2.24, 2.45) is 0 Å². The van der Waals surface area contributed by atoms with Gasteiger partial charge in [-0.2, -0.15) is 0 Å². The van der Waals surface area contributed by atoms with E-state index < -0.39 is 11.6 Å². The molecule has 0 radical (unpaired) electrons. The van der Waals surface area contributed by atoms with Gasteiger partial charge in [-0.05, 0) is 18.9 Å². The Morgan fingerprint density at radius 2 is 2.27 bits per heavy atom. The highest BCUT2D eigenvalue weighted by atomic mass is 32.2. The summed E-state index contributed by atoms with van der Waals surface area (Å²) in [5.41, 5.74) is 1.96. The van der Waals surface area contributed by atoms with Crippen molar-refractivity contribution in [3.8, 4) is 0 Å². The minimum atomic E-state index is -0.619. The second-order valence-electron chi connectivity index (χ2n) is 4.95. The van der Waals surface area contributed by atoms with Crippen LogP contribution in [-0.4, -0.2) is 32.8 Å². The molecule has 2 heterocycles. The van der Waals surface area contributed by atoms with E-state index in [2.05, 4.69) is 10.2 Å². The average Bonchev–Trinajstić information content (AvgIpc) is 2.99. The van der Waals surface area contributed by atoms with Crippen molar-refractivity contribution < 1.29 is 13.6 Å². The van der Waals surface area contributed by atoms with Gasteiger partial charge < -0.3 is 4.90 Å². The first-order chi connectivity index (χ1) is 10.6. The zero-order valence-corrected chi connectivity index (χ0v) is 13.2. The Morgan fingerprint density at radius 3 is 3.00 bits per heavy atom. The van der Waals surface area contributed by atoms with E-state index in [-0.39, 0.29) is 17.7 Å². The van der Waals surface area contributed by atoms with Gasteiger partial charge in [0.2, 0.25) is 5.91 Å². The molecule has 1 aromatic heterocycles. The summed E-state index contributed by atoms with van der Waals surface area (Å²) in [4.78, 5) is 14.1. The Balaban J connectivity index is 1.69. The molecule has 0 bridgehead atoms. The fourth-order valence-corrected chi connectivity index (χ4v) is 4.21. The van der Waals surface area contributed by atoms with Gasteiger partial charge in [-0.15, -0.1) is 10.2 Å². The molecule has 0 aliphatic carbocycles. The van der Waals surface area contributed by atoms with Crippen molar-refractivity contribution in [1.82, 2.24) is 15.1 Å². The van der Waals surface area contributed by atoms with Crippen LogP contribution in [0.3, 0.4) is 0 Å². The van der Waals surface area contributed by atoms with Crippen LogP contribution in [0, 0.1) is 11.6 Å². The fraction of sp³-hybridized carbons (Fsp3) is 0.357. The normalized spacial score (nSPS) is 18.7. The van der Waals surface area contributed by atoms with Crippen LogP contribution in [-0.2, 0) is 11.3 Å². The second kappa shape index (κ2) is 6.70. The summed E-state index contributed by atoms with van der Waals surface area (Å²) < 4.78 is 27.4. The van der Waals surface area contributed by atoms with Gasteiger partial charge in [0.25, 0.3) is 0 Å². The van der Waals surface area contributed by atoms with E-state index in [0.717, 1.165) is 23.2 Å². The van der Waals surface area contributed by atoms with Crippen LogP contribution >= 0.6 is 23.1 Å². The Hall–Kier alpha value is -1.54. The van der Waals surface area contributed by atoms with E-state index in [1.807, 2.05) is 0 Å². The molecule has 1 aliphatic heterocycles. The summed E-state index contributed by atoms with van der Waals surface area (Å²) in [5, 5.41) is 7.48. The number of piperidine rings is 1. The third kappa shape index (κ3) is 3.44. The number of hydrogen-bond donors (Lipinski definition) is 0. The number of halogens is 2. The number of rotatable bonds is 4. The lowest BCUT2D eigenvalue weighted by Crippen LogP contribution is -2.42. The van der Waals surface area contributed by atoms with Crippen LogP contribution in [0.4, 0.5) is 8.78 Å². The molecule has 116 valence electrons. The largest absolute Gasteiger partial charge is 0.337 e. The molecule has 2 aromatic rings. The number of likely N-dealkylation sites (tertiary alicyclic amines) is 1. The van der Waals surface area contributed by atoms with Crippen molar-refractivity contribution in [1.29, 1.82) is 0 Å². The van der Waals surface area contributed by atoms with Gasteiger partial charge in [-0.1, -0.05) is 29.2 Å². The first kappa shape index (κ1) is 15.4. The topological polar surface area (TPSA) is 46.1 Å². The highest BCUT2D eigenvalue weighted by Crippen LogP contribution is 2.31. The van der Waals surface area contributed by atoms with Crippen LogP contribution in [0.2, 0.25) is 0 Å². The van der Waals surface area contributed by atoms with Gasteiger partial charge in [0.15, 0.2) is 4.34 Å². The molecule has 0 unspecified atom stereocenters. The summed E-state index contributed by atoms with van der Waals surface area (Å²) >= 11 is 2.80. The lowest BCUT2D eigenvalue weighted by molar-refractivity contribution is -0.133. The number of thioether (sulfide) groups is 1. The second-order valence-corrected chi connectivity index (χ2v) is 7.23. The van der Waals surface area contributed by atoms with Crippen LogP contribution in [0.15, 0.2) is 28.0 Å². The minimum Gasteiger partial charge on any atom is -0.337 e. The first-order valence-corrected chi connectivity index (χ1v) is 8.55. The summed E-state index contributed by atoms with van der Waals surface area (Å²) in [6.07, 6.45) is 1.62. The minimum absolute atomic E-state index is 0.0322. The number of nitrogens with zero attached hydrogens (tertiary/aromatic N) is 3. The van der Waals surface area contributed by atoms with Gasteiger partial charge in [-0.25, -0.2) is 8.78 Å². The molecule has 0 N–H and O–H groups in total. The van der Waals surface area contributed by atoms with Gasteiger partial charge in [0.1, 0.15) is 17.1 Å². The maximum Gasteiger partial charge on any atom is 0.236 e. The fourth-order valence-electron chi connectivity index (χ4n) is 2.36. The Bertz CT molecular complexity index is 666. The molecule has 1 fully saturated rings. The van der Waals surface area contributed by atoms with E-state index in [1.165, 1.54) is 35.2 Å². The number of aromatic nitrogens is 2. The number of hydrogen-bond acceptors (Lipinski definition) is 5. The van der Waals surface area contributed by atoms with Crippen LogP contribution in [0.1, 0.15) is 18.4 Å². The van der Waals surface area contributed by atoms with E-state index in [1.54, 1.807) is 10.4 Å². The van der Waals surface area contributed by atoms with E-state index in [4.69, 9.17) is 0 Å². The van der Waals surface area contributed by atoms with E-state index in [9.17, 15) is 13.6 Å². The average molecular weight is 341 g/mol. The van der Waals surface area contributed by atoms with Gasteiger partial charge in [-0.3, -0.25) is 4.79 Å². The van der Waals surface area contributed by atoms with Crippen molar-refractivity contribution in [3.63, 3.8) is 0 Å². The molecule has 1 amide bonds. The SMILES string of the molecule is O=C1[C@H](Sc2nncs2)CCCN1Cc1ccc(F)cc1F.